The molecule has 0 aromatic carbocycles. The number of rotatable bonds is 9. The molecule has 0 heterocycles. The third-order valence-electron chi connectivity index (χ3n) is 1.76. The van der Waals surface area contributed by atoms with Gasteiger partial charge in [-0.05, 0) is 26.7 Å². The Kier molecular flexibility index (Phi) is 7.82. The summed E-state index contributed by atoms with van der Waals surface area (Å²) in [7, 11) is -8.23. The predicted octanol–water partition coefficient (Wildman–Crippen LogP) is 0.263. The van der Waals surface area contributed by atoms with E-state index in [2.05, 4.69) is 12.5 Å². The molecule has 0 bridgehead atoms. The van der Waals surface area contributed by atoms with Crippen molar-refractivity contribution in [2.45, 2.75) is 45.6 Å². The summed E-state index contributed by atoms with van der Waals surface area (Å²) in [6.07, 6.45) is -0.109. The van der Waals surface area contributed by atoms with E-state index in [0.29, 0.717) is 0 Å². The van der Waals surface area contributed by atoms with Crippen LogP contribution in [0.4, 0.5) is 0 Å². The van der Waals surface area contributed by atoms with Gasteiger partial charge < -0.3 is 8.37 Å². The minimum Gasteiger partial charge on any atom is -0.346 e. The SMILES string of the molecule is CC(C)OS(=O)(=O)OC(=O)CCCCC(=O)OS(C)(=O)=O. The molecule has 0 aliphatic carbocycles. The van der Waals surface area contributed by atoms with E-state index >= 15 is 0 Å². The second kappa shape index (κ2) is 8.29. The molecule has 0 spiro atoms. The summed E-state index contributed by atoms with van der Waals surface area (Å²) in [5, 5.41) is 0. The summed E-state index contributed by atoms with van der Waals surface area (Å²) in [4.78, 5) is 22.2. The standard InChI is InChI=1S/C10H18O9S2/c1-8(2)17-21(15,16)19-10(12)7-5-4-6-9(11)18-20(3,13)14/h8H,4-7H2,1-3H3. The molecule has 0 aromatic rings. The monoisotopic (exact) mass is 346 g/mol. The van der Waals surface area contributed by atoms with Crippen molar-refractivity contribution in [1.29, 1.82) is 0 Å². The molecular weight excluding hydrogens is 328 g/mol. The van der Waals surface area contributed by atoms with E-state index in [1.807, 2.05) is 0 Å². The maximum absolute atomic E-state index is 11.2. The van der Waals surface area contributed by atoms with Gasteiger partial charge in [0.1, 0.15) is 0 Å². The second-order valence-corrected chi connectivity index (χ2v) is 7.13. The fourth-order valence-corrected chi connectivity index (χ4v) is 2.40. The highest BCUT2D eigenvalue weighted by atomic mass is 32.3. The molecule has 0 N–H and O–H groups in total. The van der Waals surface area contributed by atoms with Crippen molar-refractivity contribution in [3.63, 3.8) is 0 Å². The highest BCUT2D eigenvalue weighted by Crippen LogP contribution is 2.07. The minimum atomic E-state index is -4.38. The lowest BCUT2D eigenvalue weighted by Gasteiger charge is -2.07. The minimum absolute atomic E-state index is 0.134. The Morgan fingerprint density at radius 2 is 1.33 bits per heavy atom. The molecule has 124 valence electrons. The van der Waals surface area contributed by atoms with Crippen LogP contribution < -0.4 is 0 Å². The van der Waals surface area contributed by atoms with Gasteiger partial charge in [0.05, 0.1) is 12.4 Å². The van der Waals surface area contributed by atoms with Crippen LogP contribution in [0.15, 0.2) is 0 Å². The van der Waals surface area contributed by atoms with Crippen LogP contribution in [-0.2, 0) is 42.7 Å². The molecule has 21 heavy (non-hydrogen) atoms. The topological polar surface area (TPSA) is 130 Å². The lowest BCUT2D eigenvalue weighted by Crippen LogP contribution is -2.19. The van der Waals surface area contributed by atoms with E-state index in [1.54, 1.807) is 0 Å². The average Bonchev–Trinajstić information content (AvgIpc) is 2.18. The zero-order valence-corrected chi connectivity index (χ0v) is 13.5. The second-order valence-electron chi connectivity index (χ2n) is 4.38. The first-order valence-electron chi connectivity index (χ1n) is 5.99. The molecule has 11 heteroatoms. The van der Waals surface area contributed by atoms with Crippen LogP contribution >= 0.6 is 0 Å². The number of carbonyl (C=O) groups is 2. The quantitative estimate of drug-likeness (QED) is 0.426. The van der Waals surface area contributed by atoms with Crippen LogP contribution in [0.1, 0.15) is 39.5 Å². The number of carbonyl (C=O) groups excluding carboxylic acids is 2. The molecule has 0 fully saturated rings. The molecule has 0 rings (SSSR count). The summed E-state index contributed by atoms with van der Waals surface area (Å²) < 4.78 is 56.1. The van der Waals surface area contributed by atoms with Gasteiger partial charge in [0.2, 0.25) is 0 Å². The first-order valence-corrected chi connectivity index (χ1v) is 9.14. The molecule has 0 aliphatic heterocycles. The average molecular weight is 346 g/mol. The summed E-state index contributed by atoms with van der Waals surface area (Å²) in [6, 6.07) is 0. The molecule has 0 radical (unpaired) electrons. The van der Waals surface area contributed by atoms with E-state index in [0.717, 1.165) is 6.26 Å². The molecule has 0 unspecified atom stereocenters. The van der Waals surface area contributed by atoms with Crippen LogP contribution in [0.2, 0.25) is 0 Å². The normalized spacial score (nSPS) is 12.2. The number of hydrogen-bond acceptors (Lipinski definition) is 9. The van der Waals surface area contributed by atoms with Gasteiger partial charge in [-0.25, -0.2) is 4.18 Å². The van der Waals surface area contributed by atoms with E-state index in [4.69, 9.17) is 0 Å². The van der Waals surface area contributed by atoms with Gasteiger partial charge >= 0.3 is 32.5 Å². The first kappa shape index (κ1) is 19.8. The summed E-state index contributed by atoms with van der Waals surface area (Å²) in [6.45, 7) is 2.91. The van der Waals surface area contributed by atoms with Crippen molar-refractivity contribution in [2.24, 2.45) is 0 Å². The first-order chi connectivity index (χ1) is 9.41. The van der Waals surface area contributed by atoms with Crippen molar-refractivity contribution >= 4 is 32.5 Å². The van der Waals surface area contributed by atoms with Gasteiger partial charge in [-0.3, -0.25) is 9.59 Å². The Hall–Kier alpha value is -1.20. The van der Waals surface area contributed by atoms with E-state index in [9.17, 15) is 26.4 Å². The Bertz CT molecular complexity index is 559. The van der Waals surface area contributed by atoms with E-state index in [-0.39, 0.29) is 25.7 Å². The molecule has 0 aromatic heterocycles. The van der Waals surface area contributed by atoms with E-state index in [1.165, 1.54) is 13.8 Å². The van der Waals surface area contributed by atoms with Gasteiger partial charge in [-0.15, -0.1) is 0 Å². The van der Waals surface area contributed by atoms with Crippen molar-refractivity contribution in [3.8, 4) is 0 Å². The van der Waals surface area contributed by atoms with Crippen LogP contribution in [0.25, 0.3) is 0 Å². The van der Waals surface area contributed by atoms with Gasteiger partial charge in [0.25, 0.3) is 0 Å². The maximum Gasteiger partial charge on any atom is 0.451 e. The van der Waals surface area contributed by atoms with Crippen molar-refractivity contribution in [3.05, 3.63) is 0 Å². The maximum atomic E-state index is 11.2. The smallest absolute Gasteiger partial charge is 0.346 e. The molecule has 0 saturated heterocycles. The Morgan fingerprint density at radius 1 is 0.905 bits per heavy atom. The van der Waals surface area contributed by atoms with Crippen LogP contribution in [0.5, 0.6) is 0 Å². The Morgan fingerprint density at radius 3 is 1.71 bits per heavy atom. The Labute approximate surface area is 124 Å². The van der Waals surface area contributed by atoms with E-state index < -0.39 is 38.6 Å². The zero-order valence-electron chi connectivity index (χ0n) is 11.9. The summed E-state index contributed by atoms with van der Waals surface area (Å²) >= 11 is 0. The predicted molar refractivity (Wildman–Crippen MR) is 70.6 cm³/mol. The third kappa shape index (κ3) is 12.3. The van der Waals surface area contributed by atoms with Gasteiger partial charge in [0, 0.05) is 12.8 Å². The zero-order chi connectivity index (χ0) is 16.7. The van der Waals surface area contributed by atoms with Crippen molar-refractivity contribution in [1.82, 2.24) is 0 Å². The van der Waals surface area contributed by atoms with Gasteiger partial charge in [-0.1, -0.05) is 0 Å². The summed E-state index contributed by atoms with van der Waals surface area (Å²) in [5.41, 5.74) is 0. The number of unbranched alkanes of at least 4 members (excludes halogenated alkanes) is 1. The van der Waals surface area contributed by atoms with Crippen LogP contribution in [0.3, 0.4) is 0 Å². The molecule has 0 atom stereocenters. The number of hydrogen-bond donors (Lipinski definition) is 0. The van der Waals surface area contributed by atoms with Crippen molar-refractivity contribution in [2.75, 3.05) is 6.26 Å². The fourth-order valence-electron chi connectivity index (χ4n) is 1.16. The van der Waals surface area contributed by atoms with Gasteiger partial charge in [-0.2, -0.15) is 16.8 Å². The highest BCUT2D eigenvalue weighted by Gasteiger charge is 2.19. The third-order valence-corrected chi connectivity index (χ3v) is 3.26. The molecule has 0 amide bonds. The Balaban J connectivity index is 3.99. The molecule has 0 aliphatic rings. The van der Waals surface area contributed by atoms with Crippen molar-refractivity contribution < 1.29 is 39.0 Å². The van der Waals surface area contributed by atoms with Crippen LogP contribution in [-0.4, -0.2) is 41.1 Å². The van der Waals surface area contributed by atoms with Crippen LogP contribution in [0, 0.1) is 0 Å². The fraction of sp³-hybridized carbons (Fsp3) is 0.800. The lowest BCUT2D eigenvalue weighted by atomic mass is 10.2. The molecule has 0 saturated carbocycles. The van der Waals surface area contributed by atoms with Gasteiger partial charge in [0.15, 0.2) is 0 Å². The highest BCUT2D eigenvalue weighted by molar-refractivity contribution is 7.86. The molecular formula is C10H18O9S2. The molecule has 9 nitrogen and oxygen atoms in total. The summed E-state index contributed by atoms with van der Waals surface area (Å²) in [5.74, 6) is -1.96. The lowest BCUT2D eigenvalue weighted by molar-refractivity contribution is -0.136. The largest absolute Gasteiger partial charge is 0.451 e.